The lowest BCUT2D eigenvalue weighted by Crippen LogP contribution is -2.36. The molecule has 0 bridgehead atoms. The second kappa shape index (κ2) is 8.48. The van der Waals surface area contributed by atoms with Gasteiger partial charge in [0, 0.05) is 17.0 Å². The minimum absolute atomic E-state index is 0.467. The number of aryl methyl sites for hydroxylation is 1. The molecule has 2 aromatic heterocycles. The number of benzene rings is 1. The van der Waals surface area contributed by atoms with Gasteiger partial charge in [-0.2, -0.15) is 0 Å². The molecule has 0 fully saturated rings. The molecule has 0 saturated heterocycles. The number of guanidine groups is 1. The van der Waals surface area contributed by atoms with Crippen LogP contribution >= 0.6 is 11.3 Å². The van der Waals surface area contributed by atoms with E-state index < -0.39 is 0 Å². The molecule has 3 aromatic rings. The van der Waals surface area contributed by atoms with Crippen LogP contribution in [0.3, 0.4) is 0 Å². The Balaban J connectivity index is 1.63. The highest BCUT2D eigenvalue weighted by atomic mass is 32.1. The van der Waals surface area contributed by atoms with E-state index in [1.807, 2.05) is 30.3 Å². The first-order chi connectivity index (χ1) is 12.3. The number of nitrogens with one attached hydrogen (secondary N) is 2. The number of aliphatic imine (C=N–C) groups is 1. The van der Waals surface area contributed by atoms with Crippen LogP contribution in [0, 0.1) is 6.92 Å². The number of hydrogen-bond donors (Lipinski definition) is 2. The molecule has 0 amide bonds. The molecule has 0 saturated carbocycles. The molecule has 1 aromatic carbocycles. The minimum atomic E-state index is 0.467. The lowest BCUT2D eigenvalue weighted by atomic mass is 10.2. The summed E-state index contributed by atoms with van der Waals surface area (Å²) in [6, 6.07) is 12.0. The van der Waals surface area contributed by atoms with Gasteiger partial charge in [0.15, 0.2) is 5.96 Å². The number of thiophene rings is 1. The third-order valence-corrected chi connectivity index (χ3v) is 4.72. The topological polar surface area (TPSA) is 62.5 Å². The Bertz CT molecular complexity index is 823. The molecule has 0 radical (unpaired) electrons. The number of rotatable bonds is 6. The third-order valence-electron chi connectivity index (χ3n) is 3.70. The van der Waals surface area contributed by atoms with Crippen molar-refractivity contribution in [3.8, 4) is 11.5 Å². The van der Waals surface area contributed by atoms with E-state index in [-0.39, 0.29) is 0 Å². The maximum Gasteiger partial charge on any atom is 0.226 e. The average Bonchev–Trinajstić information content (AvgIpc) is 3.27. The summed E-state index contributed by atoms with van der Waals surface area (Å²) in [6.07, 6.45) is 1.67. The van der Waals surface area contributed by atoms with Gasteiger partial charge in [-0.15, -0.1) is 11.3 Å². The Hall–Kier alpha value is -2.60. The fourth-order valence-electron chi connectivity index (χ4n) is 2.34. The molecule has 2 heterocycles. The summed E-state index contributed by atoms with van der Waals surface area (Å²) in [7, 11) is 0. The molecular formula is C19H22N4OS. The van der Waals surface area contributed by atoms with Gasteiger partial charge < -0.3 is 15.1 Å². The molecular weight excluding hydrogens is 332 g/mol. The fourth-order valence-corrected chi connectivity index (χ4v) is 3.19. The van der Waals surface area contributed by atoms with Gasteiger partial charge in [0.25, 0.3) is 0 Å². The minimum Gasteiger partial charge on any atom is -0.444 e. The second-order valence-corrected chi connectivity index (χ2v) is 6.59. The maximum atomic E-state index is 5.56. The van der Waals surface area contributed by atoms with Crippen molar-refractivity contribution in [1.82, 2.24) is 15.6 Å². The van der Waals surface area contributed by atoms with Crippen molar-refractivity contribution in [2.45, 2.75) is 26.9 Å². The van der Waals surface area contributed by atoms with Crippen LogP contribution in [0.15, 0.2) is 57.5 Å². The molecule has 0 aliphatic heterocycles. The van der Waals surface area contributed by atoms with Crippen molar-refractivity contribution in [3.05, 3.63) is 64.2 Å². The first kappa shape index (κ1) is 17.2. The molecule has 0 spiro atoms. The summed E-state index contributed by atoms with van der Waals surface area (Å²) in [5, 5.41) is 8.73. The molecule has 130 valence electrons. The second-order valence-electron chi connectivity index (χ2n) is 5.59. The van der Waals surface area contributed by atoms with Gasteiger partial charge >= 0.3 is 0 Å². The third kappa shape index (κ3) is 4.70. The highest BCUT2D eigenvalue weighted by Gasteiger charge is 2.07. The van der Waals surface area contributed by atoms with E-state index in [4.69, 9.17) is 4.42 Å². The predicted molar refractivity (Wildman–Crippen MR) is 103 cm³/mol. The quantitative estimate of drug-likeness (QED) is 0.519. The molecule has 0 atom stereocenters. The lowest BCUT2D eigenvalue weighted by molar-refractivity contribution is 0.572. The van der Waals surface area contributed by atoms with Gasteiger partial charge in [-0.25, -0.2) is 9.98 Å². The Morgan fingerprint density at radius 3 is 2.76 bits per heavy atom. The smallest absolute Gasteiger partial charge is 0.226 e. The van der Waals surface area contributed by atoms with E-state index in [2.05, 4.69) is 45.9 Å². The van der Waals surface area contributed by atoms with Crippen LogP contribution in [0.4, 0.5) is 0 Å². The van der Waals surface area contributed by atoms with Crippen LogP contribution in [0.25, 0.3) is 11.5 Å². The molecule has 0 aliphatic carbocycles. The molecule has 0 aliphatic rings. The normalized spacial score (nSPS) is 11.5. The first-order valence-electron chi connectivity index (χ1n) is 8.31. The summed E-state index contributed by atoms with van der Waals surface area (Å²) in [5.41, 5.74) is 3.08. The molecule has 6 heteroatoms. The number of aromatic nitrogens is 1. The fraction of sp³-hybridized carbons (Fsp3) is 0.263. The number of nitrogens with zero attached hydrogens (tertiary/aromatic N) is 2. The first-order valence-corrected chi connectivity index (χ1v) is 9.19. The molecule has 5 nitrogen and oxygen atoms in total. The van der Waals surface area contributed by atoms with Gasteiger partial charge in [-0.3, -0.25) is 0 Å². The SMILES string of the molecule is CCNC(=NCc1coc(-c2ccccc2)n1)NCc1sccc1C. The molecule has 25 heavy (non-hydrogen) atoms. The van der Waals surface area contributed by atoms with Crippen LogP contribution in [-0.2, 0) is 13.1 Å². The van der Waals surface area contributed by atoms with E-state index in [0.717, 1.165) is 30.3 Å². The Kier molecular flexibility index (Phi) is 5.85. The zero-order valence-corrected chi connectivity index (χ0v) is 15.3. The average molecular weight is 354 g/mol. The van der Waals surface area contributed by atoms with E-state index in [9.17, 15) is 0 Å². The maximum absolute atomic E-state index is 5.56. The summed E-state index contributed by atoms with van der Waals surface area (Å²) < 4.78 is 5.56. The van der Waals surface area contributed by atoms with E-state index in [1.54, 1.807) is 17.6 Å². The van der Waals surface area contributed by atoms with Crippen LogP contribution in [0.1, 0.15) is 23.1 Å². The van der Waals surface area contributed by atoms with Gasteiger partial charge in [0.05, 0.1) is 13.1 Å². The van der Waals surface area contributed by atoms with E-state index in [0.29, 0.717) is 12.4 Å². The van der Waals surface area contributed by atoms with Crippen molar-refractivity contribution < 1.29 is 4.42 Å². The number of oxazole rings is 1. The standard InChI is InChI=1S/C19H22N4OS/c1-3-20-19(22-12-17-14(2)9-10-25-17)21-11-16-13-24-18(23-16)15-7-5-4-6-8-15/h4-10,13H,3,11-12H2,1-2H3,(H2,20,21,22). The van der Waals surface area contributed by atoms with Gasteiger partial charge in [0.2, 0.25) is 5.89 Å². The van der Waals surface area contributed by atoms with Crippen LogP contribution < -0.4 is 10.6 Å². The highest BCUT2D eigenvalue weighted by molar-refractivity contribution is 7.10. The van der Waals surface area contributed by atoms with Crippen molar-refractivity contribution in [2.24, 2.45) is 4.99 Å². The van der Waals surface area contributed by atoms with Gasteiger partial charge in [-0.1, -0.05) is 18.2 Å². The van der Waals surface area contributed by atoms with Crippen LogP contribution in [0.2, 0.25) is 0 Å². The Labute approximate surface area is 151 Å². The highest BCUT2D eigenvalue weighted by Crippen LogP contribution is 2.18. The summed E-state index contributed by atoms with van der Waals surface area (Å²) in [6.45, 7) is 6.22. The van der Waals surface area contributed by atoms with E-state index in [1.165, 1.54) is 10.4 Å². The summed E-state index contributed by atoms with van der Waals surface area (Å²) >= 11 is 1.75. The van der Waals surface area contributed by atoms with E-state index >= 15 is 0 Å². The zero-order chi connectivity index (χ0) is 17.5. The monoisotopic (exact) mass is 354 g/mol. The lowest BCUT2D eigenvalue weighted by Gasteiger charge is -2.10. The Morgan fingerprint density at radius 2 is 2.04 bits per heavy atom. The van der Waals surface area contributed by atoms with Gasteiger partial charge in [-0.05, 0) is 43.0 Å². The van der Waals surface area contributed by atoms with Gasteiger partial charge in [0.1, 0.15) is 12.0 Å². The van der Waals surface area contributed by atoms with Crippen LogP contribution in [0.5, 0.6) is 0 Å². The number of hydrogen-bond acceptors (Lipinski definition) is 4. The van der Waals surface area contributed by atoms with Crippen molar-refractivity contribution in [2.75, 3.05) is 6.54 Å². The Morgan fingerprint density at radius 1 is 1.20 bits per heavy atom. The summed E-state index contributed by atoms with van der Waals surface area (Å²) in [4.78, 5) is 10.4. The predicted octanol–water partition coefficient (Wildman–Crippen LogP) is 3.97. The summed E-state index contributed by atoms with van der Waals surface area (Å²) in [5.74, 6) is 1.40. The van der Waals surface area contributed by atoms with Crippen molar-refractivity contribution in [1.29, 1.82) is 0 Å². The van der Waals surface area contributed by atoms with Crippen molar-refractivity contribution in [3.63, 3.8) is 0 Å². The van der Waals surface area contributed by atoms with Crippen molar-refractivity contribution >= 4 is 17.3 Å². The van der Waals surface area contributed by atoms with Crippen LogP contribution in [-0.4, -0.2) is 17.5 Å². The largest absolute Gasteiger partial charge is 0.444 e. The molecule has 3 rings (SSSR count). The zero-order valence-electron chi connectivity index (χ0n) is 14.5. The molecule has 0 unspecified atom stereocenters. The molecule has 2 N–H and O–H groups in total.